The first-order valence-electron chi connectivity index (χ1n) is 7.04. The van der Waals surface area contributed by atoms with Crippen LogP contribution in [-0.4, -0.2) is 22.7 Å². The van der Waals surface area contributed by atoms with Gasteiger partial charge in [0.25, 0.3) is 0 Å². The summed E-state index contributed by atoms with van der Waals surface area (Å²) < 4.78 is 5.53. The van der Waals surface area contributed by atoms with Gasteiger partial charge in [0, 0.05) is 11.8 Å². The maximum atomic E-state index is 11.5. The number of rotatable bonds is 5. The molecule has 102 valence electrons. The molecule has 0 amide bonds. The average molecular weight is 261 g/mol. The van der Waals surface area contributed by atoms with Gasteiger partial charge in [-0.05, 0) is 50.2 Å². The average Bonchev–Trinajstić information content (AvgIpc) is 3.10. The molecule has 0 unspecified atom stereocenters. The molecule has 0 spiro atoms. The van der Waals surface area contributed by atoms with Crippen LogP contribution in [0.25, 0.3) is 0 Å². The molecule has 1 heterocycles. The topological polar surface area (TPSA) is 59.4 Å². The Morgan fingerprint density at radius 1 is 1.53 bits per heavy atom. The van der Waals surface area contributed by atoms with Crippen LogP contribution in [0.1, 0.15) is 56.1 Å². The molecule has 1 N–H and O–H groups in total. The highest BCUT2D eigenvalue weighted by molar-refractivity contribution is 5.85. The summed E-state index contributed by atoms with van der Waals surface area (Å²) in [6, 6.07) is 2.03. The Morgan fingerprint density at radius 3 is 2.74 bits per heavy atom. The third kappa shape index (κ3) is 1.99. The van der Waals surface area contributed by atoms with Gasteiger partial charge in [0.05, 0.1) is 12.0 Å². The Labute approximate surface area is 112 Å². The quantitative estimate of drug-likeness (QED) is 0.885. The Morgan fingerprint density at radius 2 is 2.26 bits per heavy atom. The number of hydrogen-bond acceptors (Lipinski definition) is 3. The first kappa shape index (κ1) is 12.5. The largest absolute Gasteiger partial charge is 0.481 e. The van der Waals surface area contributed by atoms with Gasteiger partial charge >= 0.3 is 5.97 Å². The second-order valence-corrected chi connectivity index (χ2v) is 5.57. The van der Waals surface area contributed by atoms with Gasteiger partial charge in [0.1, 0.15) is 0 Å². The van der Waals surface area contributed by atoms with Crippen LogP contribution in [0, 0.1) is 0 Å². The molecule has 19 heavy (non-hydrogen) atoms. The number of carboxylic acids is 1. The van der Waals surface area contributed by atoms with E-state index in [1.165, 1.54) is 24.8 Å². The summed E-state index contributed by atoms with van der Waals surface area (Å²) >= 11 is 0. The number of pyridine rings is 1. The number of carbonyl (C=O) groups is 1. The maximum absolute atomic E-state index is 11.5. The molecular formula is C15H19NO3. The standard InChI is InChI=1S/C15H19NO3/c1-2-19-13-12(15(6-7-15)14(17)18)8-11(9-16-13)10-4-3-5-10/h8-10H,2-7H2,1H3,(H,17,18). The number of aromatic nitrogens is 1. The van der Waals surface area contributed by atoms with Gasteiger partial charge in [0.2, 0.25) is 5.88 Å². The number of carboxylic acid groups (broad SMARTS) is 1. The number of aliphatic carboxylic acids is 1. The summed E-state index contributed by atoms with van der Waals surface area (Å²) in [6.45, 7) is 2.41. The summed E-state index contributed by atoms with van der Waals surface area (Å²) in [4.78, 5) is 15.9. The predicted octanol–water partition coefficient (Wildman–Crippen LogP) is 2.86. The van der Waals surface area contributed by atoms with E-state index in [-0.39, 0.29) is 0 Å². The molecule has 2 aliphatic carbocycles. The first-order valence-corrected chi connectivity index (χ1v) is 7.04. The van der Waals surface area contributed by atoms with E-state index in [9.17, 15) is 9.90 Å². The monoisotopic (exact) mass is 261 g/mol. The van der Waals surface area contributed by atoms with Gasteiger partial charge in [-0.2, -0.15) is 0 Å². The molecule has 2 saturated carbocycles. The van der Waals surface area contributed by atoms with Gasteiger partial charge in [0.15, 0.2) is 0 Å². The van der Waals surface area contributed by atoms with Crippen molar-refractivity contribution in [2.24, 2.45) is 0 Å². The molecule has 2 aliphatic rings. The number of hydrogen-bond donors (Lipinski definition) is 1. The maximum Gasteiger partial charge on any atom is 0.314 e. The molecule has 4 nitrogen and oxygen atoms in total. The third-order valence-electron chi connectivity index (χ3n) is 4.40. The predicted molar refractivity (Wildman–Crippen MR) is 70.5 cm³/mol. The molecule has 0 aromatic carbocycles. The van der Waals surface area contributed by atoms with Crippen LogP contribution in [0.3, 0.4) is 0 Å². The Hall–Kier alpha value is -1.58. The molecule has 0 bridgehead atoms. The second-order valence-electron chi connectivity index (χ2n) is 5.57. The van der Waals surface area contributed by atoms with Crippen molar-refractivity contribution in [2.75, 3.05) is 6.61 Å². The third-order valence-corrected chi connectivity index (χ3v) is 4.40. The van der Waals surface area contributed by atoms with E-state index in [0.29, 0.717) is 31.2 Å². The van der Waals surface area contributed by atoms with Crippen LogP contribution in [0.15, 0.2) is 12.3 Å². The van der Waals surface area contributed by atoms with E-state index >= 15 is 0 Å². The lowest BCUT2D eigenvalue weighted by atomic mass is 9.79. The molecular weight excluding hydrogens is 242 g/mol. The zero-order valence-corrected chi connectivity index (χ0v) is 11.2. The molecule has 3 rings (SSSR count). The van der Waals surface area contributed by atoms with Gasteiger partial charge in [-0.3, -0.25) is 4.79 Å². The summed E-state index contributed by atoms with van der Waals surface area (Å²) in [5.74, 6) is 0.318. The number of nitrogens with zero attached hydrogens (tertiary/aromatic N) is 1. The lowest BCUT2D eigenvalue weighted by molar-refractivity contribution is -0.140. The first-order chi connectivity index (χ1) is 9.17. The highest BCUT2D eigenvalue weighted by Crippen LogP contribution is 2.52. The minimum atomic E-state index is -0.749. The Bertz CT molecular complexity index is 504. The molecule has 0 aliphatic heterocycles. The second kappa shape index (κ2) is 4.51. The van der Waals surface area contributed by atoms with Crippen molar-refractivity contribution in [3.63, 3.8) is 0 Å². The van der Waals surface area contributed by atoms with Crippen molar-refractivity contribution >= 4 is 5.97 Å². The van der Waals surface area contributed by atoms with Crippen LogP contribution in [0.4, 0.5) is 0 Å². The SMILES string of the molecule is CCOc1ncc(C2CCC2)cc1C1(C(=O)O)CC1. The van der Waals surface area contributed by atoms with Crippen LogP contribution >= 0.6 is 0 Å². The van der Waals surface area contributed by atoms with E-state index < -0.39 is 11.4 Å². The van der Waals surface area contributed by atoms with Crippen molar-refractivity contribution < 1.29 is 14.6 Å². The van der Waals surface area contributed by atoms with Crippen LogP contribution in [0.5, 0.6) is 5.88 Å². The van der Waals surface area contributed by atoms with E-state index in [1.807, 2.05) is 19.2 Å². The lowest BCUT2D eigenvalue weighted by Crippen LogP contribution is -2.22. The minimum absolute atomic E-state index is 0.505. The fourth-order valence-electron chi connectivity index (χ4n) is 2.75. The summed E-state index contributed by atoms with van der Waals surface area (Å²) in [5.41, 5.74) is 1.22. The van der Waals surface area contributed by atoms with Crippen molar-refractivity contribution in [1.29, 1.82) is 0 Å². The Kier molecular flexibility index (Phi) is 2.96. The minimum Gasteiger partial charge on any atom is -0.481 e. The zero-order chi connectivity index (χ0) is 13.5. The Balaban J connectivity index is 2.00. The molecule has 4 heteroatoms. The van der Waals surface area contributed by atoms with Crippen molar-refractivity contribution in [3.8, 4) is 5.88 Å². The highest BCUT2D eigenvalue weighted by atomic mass is 16.5. The molecule has 0 saturated heterocycles. The van der Waals surface area contributed by atoms with Gasteiger partial charge in [-0.15, -0.1) is 0 Å². The normalized spacial score (nSPS) is 20.7. The van der Waals surface area contributed by atoms with Crippen LogP contribution in [-0.2, 0) is 10.2 Å². The summed E-state index contributed by atoms with van der Waals surface area (Å²) in [6.07, 6.45) is 6.88. The molecule has 0 radical (unpaired) electrons. The summed E-state index contributed by atoms with van der Waals surface area (Å²) in [7, 11) is 0. The van der Waals surface area contributed by atoms with Crippen molar-refractivity contribution in [2.45, 2.75) is 50.4 Å². The fraction of sp³-hybridized carbons (Fsp3) is 0.600. The molecule has 2 fully saturated rings. The van der Waals surface area contributed by atoms with Gasteiger partial charge < -0.3 is 9.84 Å². The lowest BCUT2D eigenvalue weighted by Gasteiger charge is -2.27. The molecule has 0 atom stereocenters. The van der Waals surface area contributed by atoms with Gasteiger partial charge in [-0.1, -0.05) is 6.42 Å². The van der Waals surface area contributed by atoms with Crippen LogP contribution in [0.2, 0.25) is 0 Å². The molecule has 1 aromatic rings. The van der Waals surface area contributed by atoms with Crippen molar-refractivity contribution in [3.05, 3.63) is 23.4 Å². The fourth-order valence-corrected chi connectivity index (χ4v) is 2.75. The van der Waals surface area contributed by atoms with E-state index in [2.05, 4.69) is 4.98 Å². The van der Waals surface area contributed by atoms with E-state index in [1.54, 1.807) is 0 Å². The van der Waals surface area contributed by atoms with Gasteiger partial charge in [-0.25, -0.2) is 4.98 Å². The van der Waals surface area contributed by atoms with E-state index in [0.717, 1.165) is 5.56 Å². The summed E-state index contributed by atoms with van der Waals surface area (Å²) in [5, 5.41) is 9.47. The van der Waals surface area contributed by atoms with Crippen molar-refractivity contribution in [1.82, 2.24) is 4.98 Å². The zero-order valence-electron chi connectivity index (χ0n) is 11.2. The molecule has 1 aromatic heterocycles. The smallest absolute Gasteiger partial charge is 0.314 e. The highest BCUT2D eigenvalue weighted by Gasteiger charge is 2.54. The van der Waals surface area contributed by atoms with E-state index in [4.69, 9.17) is 4.74 Å². The number of ether oxygens (including phenoxy) is 1. The van der Waals surface area contributed by atoms with Crippen LogP contribution < -0.4 is 4.74 Å².